The quantitative estimate of drug-likeness (QED) is 0.734. The molecule has 0 aliphatic heterocycles. The molecule has 0 spiro atoms. The average molecular weight is 256 g/mol. The number of halogens is 2. The smallest absolute Gasteiger partial charge is 0.123 e. The fourth-order valence-corrected chi connectivity index (χ4v) is 2.68. The van der Waals surface area contributed by atoms with Gasteiger partial charge in [0.2, 0.25) is 0 Å². The molecule has 74 valence electrons. The summed E-state index contributed by atoms with van der Waals surface area (Å²) < 4.78 is 16.1. The van der Waals surface area contributed by atoms with Crippen LogP contribution in [0.4, 0.5) is 4.39 Å². The molecule has 0 N–H and O–H groups in total. The monoisotopic (exact) mass is 255 g/mol. The second-order valence-electron chi connectivity index (χ2n) is 3.33. The van der Waals surface area contributed by atoms with Gasteiger partial charge in [-0.2, -0.15) is 0 Å². The van der Waals surface area contributed by atoms with Crippen molar-refractivity contribution in [3.05, 3.63) is 34.2 Å². The molecular formula is C11H11BrFN. The molecule has 0 aliphatic rings. The van der Waals surface area contributed by atoms with Crippen molar-refractivity contribution < 1.29 is 4.39 Å². The van der Waals surface area contributed by atoms with Gasteiger partial charge in [0, 0.05) is 28.1 Å². The van der Waals surface area contributed by atoms with Crippen LogP contribution in [0.15, 0.2) is 22.7 Å². The van der Waals surface area contributed by atoms with Crippen LogP contribution in [0.3, 0.4) is 0 Å². The normalized spacial score (nSPS) is 11.1. The van der Waals surface area contributed by atoms with E-state index in [1.807, 2.05) is 13.1 Å². The molecule has 0 saturated carbocycles. The van der Waals surface area contributed by atoms with Gasteiger partial charge < -0.3 is 4.57 Å². The second kappa shape index (κ2) is 3.39. The molecule has 0 bridgehead atoms. The number of rotatable bonds is 1. The Kier molecular flexibility index (Phi) is 2.35. The average Bonchev–Trinajstić information content (AvgIpc) is 2.39. The van der Waals surface area contributed by atoms with Crippen molar-refractivity contribution in [3.63, 3.8) is 0 Å². The van der Waals surface area contributed by atoms with Crippen LogP contribution in [0, 0.1) is 5.82 Å². The van der Waals surface area contributed by atoms with Crippen LogP contribution in [0.2, 0.25) is 0 Å². The Morgan fingerprint density at radius 2 is 2.14 bits per heavy atom. The van der Waals surface area contributed by atoms with E-state index >= 15 is 0 Å². The SMILES string of the molecule is CCc1c(Br)c2cc(F)ccc2n1C. The fraction of sp³-hybridized carbons (Fsp3) is 0.273. The predicted octanol–water partition coefficient (Wildman–Crippen LogP) is 3.64. The maximum atomic E-state index is 13.0. The first-order valence-corrected chi connectivity index (χ1v) is 5.36. The molecule has 2 rings (SSSR count). The molecule has 1 aromatic carbocycles. The molecular weight excluding hydrogens is 245 g/mol. The number of hydrogen-bond acceptors (Lipinski definition) is 0. The van der Waals surface area contributed by atoms with Gasteiger partial charge in [0.05, 0.1) is 0 Å². The summed E-state index contributed by atoms with van der Waals surface area (Å²) in [5.41, 5.74) is 2.26. The van der Waals surface area contributed by atoms with Crippen molar-refractivity contribution in [2.24, 2.45) is 7.05 Å². The lowest BCUT2D eigenvalue weighted by molar-refractivity contribution is 0.629. The molecule has 14 heavy (non-hydrogen) atoms. The third kappa shape index (κ3) is 1.27. The Labute approximate surface area is 90.7 Å². The van der Waals surface area contributed by atoms with Gasteiger partial charge in [-0.1, -0.05) is 6.92 Å². The van der Waals surface area contributed by atoms with E-state index in [1.54, 1.807) is 6.07 Å². The first-order chi connectivity index (χ1) is 6.65. The van der Waals surface area contributed by atoms with Crippen molar-refractivity contribution in [1.29, 1.82) is 0 Å². The second-order valence-corrected chi connectivity index (χ2v) is 4.13. The van der Waals surface area contributed by atoms with Crippen LogP contribution >= 0.6 is 15.9 Å². The maximum Gasteiger partial charge on any atom is 0.123 e. The molecule has 0 saturated heterocycles. The highest BCUT2D eigenvalue weighted by Gasteiger charge is 2.11. The van der Waals surface area contributed by atoms with E-state index in [-0.39, 0.29) is 5.82 Å². The Balaban J connectivity index is 2.87. The van der Waals surface area contributed by atoms with Crippen LogP contribution in [0.5, 0.6) is 0 Å². The summed E-state index contributed by atoms with van der Waals surface area (Å²) in [6.07, 6.45) is 0.938. The molecule has 0 atom stereocenters. The van der Waals surface area contributed by atoms with Crippen LogP contribution in [-0.2, 0) is 13.5 Å². The van der Waals surface area contributed by atoms with Crippen LogP contribution in [-0.4, -0.2) is 4.57 Å². The summed E-state index contributed by atoms with van der Waals surface area (Å²) in [4.78, 5) is 0. The zero-order valence-electron chi connectivity index (χ0n) is 8.14. The van der Waals surface area contributed by atoms with Gasteiger partial charge in [-0.15, -0.1) is 0 Å². The summed E-state index contributed by atoms with van der Waals surface area (Å²) in [6, 6.07) is 4.88. The van der Waals surface area contributed by atoms with Crippen LogP contribution < -0.4 is 0 Å². The topological polar surface area (TPSA) is 4.93 Å². The van der Waals surface area contributed by atoms with Crippen molar-refractivity contribution >= 4 is 26.8 Å². The largest absolute Gasteiger partial charge is 0.347 e. The van der Waals surface area contributed by atoms with E-state index in [0.29, 0.717) is 0 Å². The third-order valence-corrected chi connectivity index (χ3v) is 3.43. The minimum atomic E-state index is -0.188. The van der Waals surface area contributed by atoms with Crippen molar-refractivity contribution in [2.45, 2.75) is 13.3 Å². The molecule has 2 aromatic rings. The van der Waals surface area contributed by atoms with E-state index in [0.717, 1.165) is 21.8 Å². The van der Waals surface area contributed by atoms with Gasteiger partial charge in [-0.3, -0.25) is 0 Å². The fourth-order valence-electron chi connectivity index (χ4n) is 1.82. The lowest BCUT2D eigenvalue weighted by Crippen LogP contribution is -1.93. The van der Waals surface area contributed by atoms with E-state index in [4.69, 9.17) is 0 Å². The third-order valence-electron chi connectivity index (χ3n) is 2.55. The maximum absolute atomic E-state index is 13.0. The van der Waals surface area contributed by atoms with Crippen LogP contribution in [0.1, 0.15) is 12.6 Å². The van der Waals surface area contributed by atoms with Crippen molar-refractivity contribution in [2.75, 3.05) is 0 Å². The van der Waals surface area contributed by atoms with Gasteiger partial charge in [-0.25, -0.2) is 4.39 Å². The predicted molar refractivity (Wildman–Crippen MR) is 60.0 cm³/mol. The number of benzene rings is 1. The lowest BCUT2D eigenvalue weighted by atomic mass is 10.2. The number of nitrogens with zero attached hydrogens (tertiary/aromatic N) is 1. The summed E-state index contributed by atoms with van der Waals surface area (Å²) in [6.45, 7) is 2.09. The highest BCUT2D eigenvalue weighted by atomic mass is 79.9. The van der Waals surface area contributed by atoms with Gasteiger partial charge in [0.15, 0.2) is 0 Å². The van der Waals surface area contributed by atoms with Gasteiger partial charge in [0.1, 0.15) is 5.82 Å². The van der Waals surface area contributed by atoms with Crippen molar-refractivity contribution in [3.8, 4) is 0 Å². The lowest BCUT2D eigenvalue weighted by Gasteiger charge is -2.00. The summed E-state index contributed by atoms with van der Waals surface area (Å²) in [7, 11) is 2.00. The minimum absolute atomic E-state index is 0.188. The Morgan fingerprint density at radius 1 is 1.43 bits per heavy atom. The Hall–Kier alpha value is -0.830. The zero-order valence-corrected chi connectivity index (χ0v) is 9.73. The first-order valence-electron chi connectivity index (χ1n) is 4.57. The minimum Gasteiger partial charge on any atom is -0.347 e. The van der Waals surface area contributed by atoms with E-state index in [2.05, 4.69) is 27.4 Å². The van der Waals surface area contributed by atoms with Gasteiger partial charge in [-0.05, 0) is 40.5 Å². The summed E-state index contributed by atoms with van der Waals surface area (Å²) in [5.74, 6) is -0.188. The molecule has 1 heterocycles. The molecule has 1 aromatic heterocycles. The van der Waals surface area contributed by atoms with E-state index in [1.165, 1.54) is 11.8 Å². The molecule has 1 nitrogen and oxygen atoms in total. The molecule has 0 unspecified atom stereocenters. The number of hydrogen-bond donors (Lipinski definition) is 0. The first kappa shape index (κ1) is 9.71. The zero-order chi connectivity index (χ0) is 10.3. The molecule has 0 aliphatic carbocycles. The standard InChI is InChI=1S/C11H11BrFN/c1-3-9-11(12)8-6-7(13)4-5-10(8)14(9)2/h4-6H,3H2,1-2H3. The molecule has 0 radical (unpaired) electrons. The molecule has 3 heteroatoms. The Morgan fingerprint density at radius 3 is 2.79 bits per heavy atom. The van der Waals surface area contributed by atoms with Gasteiger partial charge in [0.25, 0.3) is 0 Å². The number of aromatic nitrogens is 1. The number of fused-ring (bicyclic) bond motifs is 1. The van der Waals surface area contributed by atoms with E-state index < -0.39 is 0 Å². The molecule has 0 fully saturated rings. The molecule has 0 amide bonds. The van der Waals surface area contributed by atoms with E-state index in [9.17, 15) is 4.39 Å². The summed E-state index contributed by atoms with van der Waals surface area (Å²) in [5, 5.41) is 0.948. The highest BCUT2D eigenvalue weighted by Crippen LogP contribution is 2.30. The highest BCUT2D eigenvalue weighted by molar-refractivity contribution is 9.10. The van der Waals surface area contributed by atoms with Gasteiger partial charge >= 0.3 is 0 Å². The van der Waals surface area contributed by atoms with Crippen molar-refractivity contribution in [1.82, 2.24) is 4.57 Å². The Bertz CT molecular complexity index is 487. The number of aryl methyl sites for hydroxylation is 1. The van der Waals surface area contributed by atoms with Crippen LogP contribution in [0.25, 0.3) is 10.9 Å². The summed E-state index contributed by atoms with van der Waals surface area (Å²) >= 11 is 3.51.